The van der Waals surface area contributed by atoms with E-state index in [2.05, 4.69) is 5.32 Å². The summed E-state index contributed by atoms with van der Waals surface area (Å²) in [6, 6.07) is 12.6. The lowest BCUT2D eigenvalue weighted by Gasteiger charge is -2.43. The third-order valence-corrected chi connectivity index (χ3v) is 4.57. The highest BCUT2D eigenvalue weighted by Crippen LogP contribution is 2.35. The van der Waals surface area contributed by atoms with Crippen LogP contribution in [0, 0.1) is 5.82 Å². The molecule has 104 valence electrons. The topological polar surface area (TPSA) is 12.0 Å². The van der Waals surface area contributed by atoms with E-state index in [1.807, 2.05) is 24.3 Å². The molecule has 1 N–H and O–H groups in total. The number of rotatable bonds is 3. The molecule has 1 aliphatic rings. The minimum absolute atomic E-state index is 0.101. The van der Waals surface area contributed by atoms with Crippen molar-refractivity contribution < 1.29 is 4.39 Å². The quantitative estimate of drug-likeness (QED) is 0.895. The van der Waals surface area contributed by atoms with Gasteiger partial charge in [0.1, 0.15) is 5.82 Å². The SMILES string of the molecule is Fc1cccc(Cl)c1CC1(c2ccc(Cl)cc2)CNC1. The maximum absolute atomic E-state index is 14.0. The number of hydrogen-bond donors (Lipinski definition) is 1. The molecule has 20 heavy (non-hydrogen) atoms. The average molecular weight is 310 g/mol. The predicted octanol–water partition coefficient (Wildman–Crippen LogP) is 4.22. The fraction of sp³-hybridized carbons (Fsp3) is 0.250. The average Bonchev–Trinajstić information content (AvgIpc) is 2.38. The van der Waals surface area contributed by atoms with Crippen LogP contribution in [0.3, 0.4) is 0 Å². The van der Waals surface area contributed by atoms with Gasteiger partial charge in [0.15, 0.2) is 0 Å². The molecule has 2 aromatic carbocycles. The standard InChI is InChI=1S/C16H14Cl2FN/c17-12-6-4-11(5-7-12)16(9-20-10-16)8-13-14(18)2-1-3-15(13)19/h1-7,20H,8-10H2. The van der Waals surface area contributed by atoms with Crippen molar-refractivity contribution in [2.45, 2.75) is 11.8 Å². The molecule has 0 bridgehead atoms. The first-order chi connectivity index (χ1) is 9.61. The van der Waals surface area contributed by atoms with Gasteiger partial charge in [-0.2, -0.15) is 0 Å². The Labute approximate surface area is 127 Å². The van der Waals surface area contributed by atoms with Gasteiger partial charge in [-0.25, -0.2) is 4.39 Å². The van der Waals surface area contributed by atoms with Crippen molar-refractivity contribution in [3.8, 4) is 0 Å². The van der Waals surface area contributed by atoms with Gasteiger partial charge in [-0.15, -0.1) is 0 Å². The Morgan fingerprint density at radius 1 is 1.05 bits per heavy atom. The maximum atomic E-state index is 14.0. The van der Waals surface area contributed by atoms with E-state index in [1.165, 1.54) is 11.6 Å². The summed E-state index contributed by atoms with van der Waals surface area (Å²) in [4.78, 5) is 0. The molecule has 1 heterocycles. The van der Waals surface area contributed by atoms with Crippen molar-refractivity contribution in [3.63, 3.8) is 0 Å². The summed E-state index contributed by atoms with van der Waals surface area (Å²) in [5.41, 5.74) is 1.65. The van der Waals surface area contributed by atoms with Gasteiger partial charge >= 0.3 is 0 Å². The van der Waals surface area contributed by atoms with Crippen molar-refractivity contribution in [1.82, 2.24) is 5.32 Å². The normalized spacial score (nSPS) is 16.8. The zero-order chi connectivity index (χ0) is 14.2. The molecule has 1 fully saturated rings. The molecule has 0 atom stereocenters. The second kappa shape index (κ2) is 5.36. The minimum atomic E-state index is -0.238. The third kappa shape index (κ3) is 2.44. The van der Waals surface area contributed by atoms with E-state index in [0.717, 1.165) is 13.1 Å². The Morgan fingerprint density at radius 3 is 2.30 bits per heavy atom. The van der Waals surface area contributed by atoms with E-state index < -0.39 is 0 Å². The van der Waals surface area contributed by atoms with E-state index in [0.29, 0.717) is 22.0 Å². The van der Waals surface area contributed by atoms with Crippen molar-refractivity contribution in [3.05, 3.63) is 69.5 Å². The van der Waals surface area contributed by atoms with Gasteiger partial charge in [-0.3, -0.25) is 0 Å². The van der Waals surface area contributed by atoms with Gasteiger partial charge in [-0.1, -0.05) is 41.4 Å². The highest BCUT2D eigenvalue weighted by molar-refractivity contribution is 6.31. The van der Waals surface area contributed by atoms with Gasteiger partial charge < -0.3 is 5.32 Å². The molecule has 1 nitrogen and oxygen atoms in total. The van der Waals surface area contributed by atoms with Crippen molar-refractivity contribution in [1.29, 1.82) is 0 Å². The largest absolute Gasteiger partial charge is 0.315 e. The van der Waals surface area contributed by atoms with Crippen molar-refractivity contribution in [2.24, 2.45) is 0 Å². The first kappa shape index (κ1) is 13.9. The number of halogens is 3. The zero-order valence-electron chi connectivity index (χ0n) is 10.8. The van der Waals surface area contributed by atoms with Crippen molar-refractivity contribution >= 4 is 23.2 Å². The van der Waals surface area contributed by atoms with E-state index in [1.54, 1.807) is 12.1 Å². The summed E-state index contributed by atoms with van der Waals surface area (Å²) in [6.07, 6.45) is 0.590. The van der Waals surface area contributed by atoms with Crippen LogP contribution < -0.4 is 5.32 Å². The zero-order valence-corrected chi connectivity index (χ0v) is 12.3. The highest BCUT2D eigenvalue weighted by atomic mass is 35.5. The Balaban J connectivity index is 1.96. The molecule has 1 saturated heterocycles. The van der Waals surface area contributed by atoms with Gasteiger partial charge in [-0.05, 0) is 36.2 Å². The van der Waals surface area contributed by atoms with Gasteiger partial charge in [0, 0.05) is 34.1 Å². The molecule has 4 heteroatoms. The van der Waals surface area contributed by atoms with Gasteiger partial charge in [0.05, 0.1) is 0 Å². The lowest BCUT2D eigenvalue weighted by Crippen LogP contribution is -2.58. The molecular formula is C16H14Cl2FN. The molecule has 1 aliphatic heterocycles. The first-order valence-electron chi connectivity index (χ1n) is 6.50. The van der Waals surface area contributed by atoms with Crippen LogP contribution in [0.4, 0.5) is 4.39 Å². The molecule has 0 unspecified atom stereocenters. The number of benzene rings is 2. The summed E-state index contributed by atoms with van der Waals surface area (Å²) < 4.78 is 14.0. The van der Waals surface area contributed by atoms with E-state index in [-0.39, 0.29) is 11.2 Å². The van der Waals surface area contributed by atoms with Crippen LogP contribution in [-0.2, 0) is 11.8 Å². The fourth-order valence-corrected chi connectivity index (χ4v) is 3.06. The summed E-state index contributed by atoms with van der Waals surface area (Å²) in [5.74, 6) is -0.238. The van der Waals surface area contributed by atoms with Crippen molar-refractivity contribution in [2.75, 3.05) is 13.1 Å². The van der Waals surface area contributed by atoms with Crippen LogP contribution in [0.2, 0.25) is 10.0 Å². The fourth-order valence-electron chi connectivity index (χ4n) is 2.70. The third-order valence-electron chi connectivity index (χ3n) is 3.96. The summed E-state index contributed by atoms with van der Waals surface area (Å²) in [5, 5.41) is 4.48. The molecule has 0 aromatic heterocycles. The molecular weight excluding hydrogens is 296 g/mol. The molecule has 0 spiro atoms. The lowest BCUT2D eigenvalue weighted by molar-refractivity contribution is 0.272. The summed E-state index contributed by atoms with van der Waals surface area (Å²) >= 11 is 12.1. The molecule has 3 rings (SSSR count). The smallest absolute Gasteiger partial charge is 0.127 e. The molecule has 0 saturated carbocycles. The second-order valence-electron chi connectivity index (χ2n) is 5.27. The molecule has 0 radical (unpaired) electrons. The predicted molar refractivity (Wildman–Crippen MR) is 81.1 cm³/mol. The first-order valence-corrected chi connectivity index (χ1v) is 7.26. The van der Waals surface area contributed by atoms with Gasteiger partial charge in [0.2, 0.25) is 0 Å². The van der Waals surface area contributed by atoms with E-state index >= 15 is 0 Å². The number of hydrogen-bond acceptors (Lipinski definition) is 1. The Morgan fingerprint density at radius 2 is 1.75 bits per heavy atom. The van der Waals surface area contributed by atoms with Gasteiger partial charge in [0.25, 0.3) is 0 Å². The summed E-state index contributed by atoms with van der Waals surface area (Å²) in [7, 11) is 0. The van der Waals surface area contributed by atoms with Crippen LogP contribution in [-0.4, -0.2) is 13.1 Å². The summed E-state index contributed by atoms with van der Waals surface area (Å²) in [6.45, 7) is 1.64. The van der Waals surface area contributed by atoms with Crippen LogP contribution in [0.1, 0.15) is 11.1 Å². The van der Waals surface area contributed by atoms with E-state index in [9.17, 15) is 4.39 Å². The Bertz CT molecular complexity index is 601. The molecule has 2 aromatic rings. The minimum Gasteiger partial charge on any atom is -0.315 e. The van der Waals surface area contributed by atoms with Crippen LogP contribution in [0.15, 0.2) is 42.5 Å². The van der Waals surface area contributed by atoms with E-state index in [4.69, 9.17) is 23.2 Å². The molecule has 0 aliphatic carbocycles. The molecule has 0 amide bonds. The Kier molecular flexibility index (Phi) is 3.72. The highest BCUT2D eigenvalue weighted by Gasteiger charge is 2.39. The monoisotopic (exact) mass is 309 g/mol. The second-order valence-corrected chi connectivity index (χ2v) is 6.11. The van der Waals surface area contributed by atoms with Crippen LogP contribution in [0.5, 0.6) is 0 Å². The van der Waals surface area contributed by atoms with Crippen LogP contribution in [0.25, 0.3) is 0 Å². The Hall–Kier alpha value is -1.09. The maximum Gasteiger partial charge on any atom is 0.127 e. The lowest BCUT2D eigenvalue weighted by atomic mass is 9.71. The number of nitrogens with one attached hydrogen (secondary N) is 1. The van der Waals surface area contributed by atoms with Crippen LogP contribution >= 0.6 is 23.2 Å².